The van der Waals surface area contributed by atoms with E-state index in [4.69, 9.17) is 14.4 Å². The molecule has 0 fully saturated rings. The average Bonchev–Trinajstić information content (AvgIpc) is 3.68. The summed E-state index contributed by atoms with van der Waals surface area (Å²) in [4.78, 5) is 10.5. The zero-order valence-electron chi connectivity index (χ0n) is 24.9. The van der Waals surface area contributed by atoms with Crippen LogP contribution in [0.4, 0.5) is 0 Å². The van der Waals surface area contributed by atoms with Crippen molar-refractivity contribution in [3.8, 4) is 39.6 Å². The van der Waals surface area contributed by atoms with Crippen molar-refractivity contribution in [1.82, 2.24) is 14.5 Å². The van der Waals surface area contributed by atoms with Gasteiger partial charge in [0.1, 0.15) is 11.2 Å². The van der Waals surface area contributed by atoms with E-state index in [0.29, 0.717) is 5.95 Å². The highest BCUT2D eigenvalue weighted by atomic mass is 16.3. The van der Waals surface area contributed by atoms with Crippen LogP contribution in [0.1, 0.15) is 11.1 Å². The molecule has 1 aliphatic carbocycles. The summed E-state index contributed by atoms with van der Waals surface area (Å²) in [5.74, 6) is 0.688. The second-order valence-corrected chi connectivity index (χ2v) is 12.1. The third-order valence-corrected chi connectivity index (χ3v) is 9.54. The van der Waals surface area contributed by atoms with Gasteiger partial charge in [0.25, 0.3) is 0 Å². The minimum atomic E-state index is 0.688. The summed E-state index contributed by atoms with van der Waals surface area (Å²) in [5.41, 5.74) is 13.2. The van der Waals surface area contributed by atoms with E-state index in [1.165, 1.54) is 27.8 Å². The van der Waals surface area contributed by atoms with Crippen LogP contribution in [0.2, 0.25) is 0 Å². The topological polar surface area (TPSA) is 43.9 Å². The molecule has 216 valence electrons. The van der Waals surface area contributed by atoms with Gasteiger partial charge >= 0.3 is 0 Å². The first-order valence-corrected chi connectivity index (χ1v) is 15.8. The van der Waals surface area contributed by atoms with Crippen molar-refractivity contribution in [2.75, 3.05) is 0 Å². The molecule has 3 heterocycles. The second kappa shape index (κ2) is 9.75. The average molecular weight is 590 g/mol. The first-order chi connectivity index (χ1) is 22.8. The molecule has 4 nitrogen and oxygen atoms in total. The smallest absolute Gasteiger partial charge is 0.235 e. The molecule has 0 N–H and O–H groups in total. The molecule has 0 unspecified atom stereocenters. The van der Waals surface area contributed by atoms with Crippen molar-refractivity contribution in [1.29, 1.82) is 0 Å². The molecule has 0 atom stereocenters. The number of para-hydroxylation sites is 4. The number of hydrogen-bond acceptors (Lipinski definition) is 3. The Balaban J connectivity index is 1.25. The maximum absolute atomic E-state index is 6.46. The summed E-state index contributed by atoms with van der Waals surface area (Å²) < 4.78 is 8.76. The number of rotatable bonds is 3. The van der Waals surface area contributed by atoms with Gasteiger partial charge < -0.3 is 4.42 Å². The summed E-state index contributed by atoms with van der Waals surface area (Å²) in [5, 5.41) is 4.58. The number of hydrogen-bond donors (Lipinski definition) is 0. The predicted octanol–water partition coefficient (Wildman–Crippen LogP) is 10.6. The lowest BCUT2D eigenvalue weighted by atomic mass is 9.86. The molecule has 9 aromatic rings. The summed E-state index contributed by atoms with van der Waals surface area (Å²) >= 11 is 0. The van der Waals surface area contributed by atoms with E-state index in [2.05, 4.69) is 126 Å². The van der Waals surface area contributed by atoms with Crippen LogP contribution in [0.3, 0.4) is 0 Å². The molecule has 46 heavy (non-hydrogen) atoms. The third-order valence-electron chi connectivity index (χ3n) is 9.54. The van der Waals surface area contributed by atoms with Gasteiger partial charge in [-0.2, -0.15) is 0 Å². The molecule has 4 heteroatoms. The van der Waals surface area contributed by atoms with Gasteiger partial charge in [-0.3, -0.25) is 4.57 Å². The molecule has 0 amide bonds. The Labute approximate surface area is 265 Å². The normalized spacial score (nSPS) is 12.6. The highest BCUT2D eigenvalue weighted by molar-refractivity contribution is 6.10. The van der Waals surface area contributed by atoms with Gasteiger partial charge in [0.2, 0.25) is 5.95 Å². The van der Waals surface area contributed by atoms with Gasteiger partial charge in [0, 0.05) is 38.2 Å². The maximum Gasteiger partial charge on any atom is 0.235 e. The van der Waals surface area contributed by atoms with Crippen LogP contribution in [-0.4, -0.2) is 14.5 Å². The zero-order valence-corrected chi connectivity index (χ0v) is 24.9. The molecule has 0 bridgehead atoms. The monoisotopic (exact) mass is 589 g/mol. The van der Waals surface area contributed by atoms with Crippen LogP contribution in [0.25, 0.3) is 83.3 Å². The summed E-state index contributed by atoms with van der Waals surface area (Å²) in [7, 11) is 0. The van der Waals surface area contributed by atoms with Crippen molar-refractivity contribution in [2.45, 2.75) is 12.8 Å². The molecule has 0 spiro atoms. The van der Waals surface area contributed by atoms with E-state index in [0.717, 1.165) is 73.6 Å². The Bertz CT molecular complexity index is 2650. The molecule has 3 aromatic heterocycles. The number of benzene rings is 6. The van der Waals surface area contributed by atoms with E-state index in [1.54, 1.807) is 0 Å². The fourth-order valence-electron chi connectivity index (χ4n) is 7.45. The van der Waals surface area contributed by atoms with E-state index >= 15 is 0 Å². The van der Waals surface area contributed by atoms with Crippen LogP contribution in [0.15, 0.2) is 144 Å². The lowest BCUT2D eigenvalue weighted by Gasteiger charge is -2.21. The number of fused-ring (bicyclic) bond motifs is 9. The predicted molar refractivity (Wildman–Crippen MR) is 187 cm³/mol. The molecule has 0 saturated carbocycles. The lowest BCUT2D eigenvalue weighted by Crippen LogP contribution is -2.09. The van der Waals surface area contributed by atoms with Crippen LogP contribution < -0.4 is 0 Å². The van der Waals surface area contributed by atoms with E-state index in [1.807, 2.05) is 18.2 Å². The van der Waals surface area contributed by atoms with Crippen LogP contribution in [-0.2, 0) is 12.8 Å². The molecule has 10 rings (SSSR count). The maximum atomic E-state index is 6.46. The Kier molecular flexibility index (Phi) is 5.37. The fraction of sp³-hybridized carbons (Fsp3) is 0.0476. The molecule has 0 saturated heterocycles. The van der Waals surface area contributed by atoms with Crippen molar-refractivity contribution in [3.05, 3.63) is 151 Å². The Morgan fingerprint density at radius 3 is 2.22 bits per heavy atom. The molecule has 6 aromatic carbocycles. The van der Waals surface area contributed by atoms with Gasteiger partial charge in [-0.1, -0.05) is 115 Å². The Hall–Kier alpha value is -6.00. The summed E-state index contributed by atoms with van der Waals surface area (Å²) in [6, 6.07) is 49.1. The van der Waals surface area contributed by atoms with E-state index in [-0.39, 0.29) is 0 Å². The Morgan fingerprint density at radius 2 is 1.30 bits per heavy atom. The molecular formula is C42H27N3O. The molecule has 0 aliphatic heterocycles. The third kappa shape index (κ3) is 3.67. The van der Waals surface area contributed by atoms with Crippen LogP contribution in [0, 0.1) is 0 Å². The minimum Gasteiger partial charge on any atom is -0.455 e. The number of furan rings is 1. The van der Waals surface area contributed by atoms with Crippen LogP contribution in [0.5, 0.6) is 0 Å². The van der Waals surface area contributed by atoms with Gasteiger partial charge in [-0.05, 0) is 53.8 Å². The van der Waals surface area contributed by atoms with E-state index < -0.39 is 0 Å². The highest BCUT2D eigenvalue weighted by Gasteiger charge is 2.27. The van der Waals surface area contributed by atoms with Gasteiger partial charge in [-0.25, -0.2) is 9.97 Å². The summed E-state index contributed by atoms with van der Waals surface area (Å²) in [6.45, 7) is 0. The zero-order chi connectivity index (χ0) is 30.2. The summed E-state index contributed by atoms with van der Waals surface area (Å²) in [6.07, 6.45) is 1.95. The number of aryl methyl sites for hydroxylation is 2. The molecule has 1 aliphatic rings. The van der Waals surface area contributed by atoms with Crippen molar-refractivity contribution in [2.24, 2.45) is 0 Å². The fourth-order valence-corrected chi connectivity index (χ4v) is 7.45. The van der Waals surface area contributed by atoms with Gasteiger partial charge in [0.05, 0.1) is 22.4 Å². The highest BCUT2D eigenvalue weighted by Crippen LogP contribution is 2.44. The van der Waals surface area contributed by atoms with Crippen molar-refractivity contribution >= 4 is 43.7 Å². The van der Waals surface area contributed by atoms with Gasteiger partial charge in [-0.15, -0.1) is 0 Å². The Morgan fingerprint density at radius 1 is 0.543 bits per heavy atom. The largest absolute Gasteiger partial charge is 0.455 e. The second-order valence-electron chi connectivity index (χ2n) is 12.1. The first-order valence-electron chi connectivity index (χ1n) is 15.8. The molecular weight excluding hydrogens is 562 g/mol. The van der Waals surface area contributed by atoms with E-state index in [9.17, 15) is 0 Å². The number of aromatic nitrogens is 3. The SMILES string of the molecule is c1ccc(-c2nc(-n3c4c(c5ccccc53)CCc3ccc(-c5cccc6c5oc5ccccc56)cc3-4)nc3ccccc23)cc1. The lowest BCUT2D eigenvalue weighted by molar-refractivity contribution is 0.670. The van der Waals surface area contributed by atoms with Gasteiger partial charge in [0.15, 0.2) is 0 Å². The molecule has 0 radical (unpaired) electrons. The first kappa shape index (κ1) is 25.3. The number of nitrogens with zero attached hydrogens (tertiary/aromatic N) is 3. The quantitative estimate of drug-likeness (QED) is 0.206. The van der Waals surface area contributed by atoms with Crippen molar-refractivity contribution in [3.63, 3.8) is 0 Å². The van der Waals surface area contributed by atoms with Crippen LogP contribution >= 0.6 is 0 Å². The standard InChI is InChI=1S/C42H27N3O/c1-2-11-27(12-3-1)39-34-15-4-7-18-36(34)43-42(44-39)45-37-19-8-5-13-30(37)32-24-23-26-21-22-28(25-35(26)40(32)45)29-16-10-17-33-31-14-6-9-20-38(31)46-41(29)33/h1-22,25H,23-24H2. The van der Waals surface area contributed by atoms with Crippen molar-refractivity contribution < 1.29 is 4.42 Å². The minimum absolute atomic E-state index is 0.688.